The monoisotopic (exact) mass is 316 g/mol. The molecule has 0 saturated carbocycles. The molecule has 2 aliphatic heterocycles. The molecule has 1 atom stereocenters. The normalized spacial score (nSPS) is 25.3. The molecule has 4 nitrogen and oxygen atoms in total. The standard InChI is InChI=1S/C19H28N2O2/c1-20-12-6-5-9-17(20)15-18(22)21-13-10-19(23,11-14-21)16-7-3-2-4-8-16/h2-4,7-8,17,23H,5-6,9-15H2,1H3/t17-/m0/s1. The molecule has 2 fully saturated rings. The third kappa shape index (κ3) is 3.75. The Kier molecular flexibility index (Phi) is 5.02. The first-order valence-corrected chi connectivity index (χ1v) is 8.84. The third-order valence-corrected chi connectivity index (χ3v) is 5.59. The molecule has 0 bridgehead atoms. The lowest BCUT2D eigenvalue weighted by Crippen LogP contribution is -2.47. The van der Waals surface area contributed by atoms with Crippen LogP contribution in [-0.2, 0) is 10.4 Å². The number of hydrogen-bond donors (Lipinski definition) is 1. The molecule has 0 aromatic heterocycles. The summed E-state index contributed by atoms with van der Waals surface area (Å²) < 4.78 is 0. The average Bonchev–Trinajstić information content (AvgIpc) is 2.58. The maximum Gasteiger partial charge on any atom is 0.224 e. The molecule has 1 aromatic carbocycles. The highest BCUT2D eigenvalue weighted by Gasteiger charge is 2.35. The van der Waals surface area contributed by atoms with Crippen LogP contribution in [0.2, 0.25) is 0 Å². The van der Waals surface area contributed by atoms with E-state index >= 15 is 0 Å². The summed E-state index contributed by atoms with van der Waals surface area (Å²) in [5.41, 5.74) is 0.193. The van der Waals surface area contributed by atoms with Crippen molar-refractivity contribution in [2.75, 3.05) is 26.7 Å². The van der Waals surface area contributed by atoms with Gasteiger partial charge in [-0.2, -0.15) is 0 Å². The molecule has 0 radical (unpaired) electrons. The van der Waals surface area contributed by atoms with E-state index in [2.05, 4.69) is 11.9 Å². The summed E-state index contributed by atoms with van der Waals surface area (Å²) in [6.45, 7) is 2.41. The molecule has 3 rings (SSSR count). The largest absolute Gasteiger partial charge is 0.385 e. The Morgan fingerprint density at radius 3 is 2.52 bits per heavy atom. The number of benzene rings is 1. The fraction of sp³-hybridized carbons (Fsp3) is 0.632. The Labute approximate surface area is 139 Å². The number of nitrogens with zero attached hydrogens (tertiary/aromatic N) is 2. The predicted octanol–water partition coefficient (Wildman–Crippen LogP) is 2.37. The number of rotatable bonds is 3. The summed E-state index contributed by atoms with van der Waals surface area (Å²) in [4.78, 5) is 16.8. The topological polar surface area (TPSA) is 43.8 Å². The summed E-state index contributed by atoms with van der Waals surface area (Å²) in [5, 5.41) is 10.9. The van der Waals surface area contributed by atoms with Crippen molar-refractivity contribution >= 4 is 5.91 Å². The molecule has 2 aliphatic rings. The Hall–Kier alpha value is -1.39. The second-order valence-electron chi connectivity index (χ2n) is 7.11. The smallest absolute Gasteiger partial charge is 0.224 e. The van der Waals surface area contributed by atoms with E-state index in [0.717, 1.165) is 18.5 Å². The van der Waals surface area contributed by atoms with Gasteiger partial charge in [-0.05, 0) is 44.8 Å². The fourth-order valence-corrected chi connectivity index (χ4v) is 3.90. The van der Waals surface area contributed by atoms with Crippen LogP contribution in [0.3, 0.4) is 0 Å². The average molecular weight is 316 g/mol. The minimum absolute atomic E-state index is 0.249. The van der Waals surface area contributed by atoms with Crippen LogP contribution in [-0.4, -0.2) is 53.5 Å². The Morgan fingerprint density at radius 1 is 1.17 bits per heavy atom. The maximum atomic E-state index is 12.6. The molecule has 0 unspecified atom stereocenters. The summed E-state index contributed by atoms with van der Waals surface area (Å²) in [6, 6.07) is 10.2. The SMILES string of the molecule is CN1CCCC[C@H]1CC(=O)N1CCC(O)(c2ccccc2)CC1. The lowest BCUT2D eigenvalue weighted by Gasteiger charge is -2.40. The van der Waals surface area contributed by atoms with Gasteiger partial charge in [0, 0.05) is 25.6 Å². The van der Waals surface area contributed by atoms with E-state index in [-0.39, 0.29) is 5.91 Å². The minimum Gasteiger partial charge on any atom is -0.385 e. The Balaban J connectivity index is 1.55. The van der Waals surface area contributed by atoms with Crippen LogP contribution in [0, 0.1) is 0 Å². The number of likely N-dealkylation sites (tertiary alicyclic amines) is 2. The number of aliphatic hydroxyl groups is 1. The van der Waals surface area contributed by atoms with Crippen molar-refractivity contribution in [1.29, 1.82) is 0 Å². The van der Waals surface area contributed by atoms with Gasteiger partial charge < -0.3 is 14.9 Å². The van der Waals surface area contributed by atoms with Gasteiger partial charge in [-0.25, -0.2) is 0 Å². The lowest BCUT2D eigenvalue weighted by molar-refractivity contribution is -0.137. The van der Waals surface area contributed by atoms with Gasteiger partial charge >= 0.3 is 0 Å². The van der Waals surface area contributed by atoms with Crippen molar-refractivity contribution < 1.29 is 9.90 Å². The van der Waals surface area contributed by atoms with Crippen LogP contribution in [0.1, 0.15) is 44.1 Å². The van der Waals surface area contributed by atoms with Crippen LogP contribution in [0.25, 0.3) is 0 Å². The van der Waals surface area contributed by atoms with Crippen LogP contribution in [0.15, 0.2) is 30.3 Å². The van der Waals surface area contributed by atoms with Crippen LogP contribution >= 0.6 is 0 Å². The quantitative estimate of drug-likeness (QED) is 0.931. The second-order valence-corrected chi connectivity index (χ2v) is 7.11. The van der Waals surface area contributed by atoms with Crippen LogP contribution in [0.4, 0.5) is 0 Å². The molecular formula is C19H28N2O2. The van der Waals surface area contributed by atoms with Crippen molar-refractivity contribution in [2.45, 2.75) is 50.2 Å². The van der Waals surface area contributed by atoms with Gasteiger partial charge in [0.05, 0.1) is 5.60 Å². The van der Waals surface area contributed by atoms with E-state index in [1.54, 1.807) is 0 Å². The van der Waals surface area contributed by atoms with Crippen LogP contribution < -0.4 is 0 Å². The van der Waals surface area contributed by atoms with Gasteiger partial charge in [-0.1, -0.05) is 36.8 Å². The zero-order chi connectivity index (χ0) is 16.3. The van der Waals surface area contributed by atoms with Crippen molar-refractivity contribution in [3.63, 3.8) is 0 Å². The van der Waals surface area contributed by atoms with E-state index in [9.17, 15) is 9.90 Å². The highest BCUT2D eigenvalue weighted by atomic mass is 16.3. The highest BCUT2D eigenvalue weighted by Crippen LogP contribution is 2.33. The molecule has 2 heterocycles. The number of piperidine rings is 2. The molecule has 1 aromatic rings. The summed E-state index contributed by atoms with van der Waals surface area (Å²) >= 11 is 0. The first-order chi connectivity index (χ1) is 11.1. The fourth-order valence-electron chi connectivity index (χ4n) is 3.90. The zero-order valence-electron chi connectivity index (χ0n) is 14.1. The molecule has 0 spiro atoms. The number of hydrogen-bond acceptors (Lipinski definition) is 3. The molecule has 2 saturated heterocycles. The Morgan fingerprint density at radius 2 is 1.87 bits per heavy atom. The minimum atomic E-state index is -0.778. The third-order valence-electron chi connectivity index (χ3n) is 5.59. The van der Waals surface area contributed by atoms with E-state index in [1.807, 2.05) is 35.2 Å². The van der Waals surface area contributed by atoms with Gasteiger partial charge in [0.15, 0.2) is 0 Å². The number of carbonyl (C=O) groups is 1. The van der Waals surface area contributed by atoms with Gasteiger partial charge in [-0.3, -0.25) is 4.79 Å². The van der Waals surface area contributed by atoms with Gasteiger partial charge in [0.25, 0.3) is 0 Å². The van der Waals surface area contributed by atoms with Gasteiger partial charge in [0.1, 0.15) is 0 Å². The Bertz CT molecular complexity index is 523. The first kappa shape index (κ1) is 16.5. The summed E-state index contributed by atoms with van der Waals surface area (Å²) in [6.07, 6.45) is 5.49. The summed E-state index contributed by atoms with van der Waals surface area (Å²) in [7, 11) is 2.13. The molecule has 1 N–H and O–H groups in total. The van der Waals surface area contributed by atoms with Crippen molar-refractivity contribution in [3.05, 3.63) is 35.9 Å². The van der Waals surface area contributed by atoms with E-state index < -0.39 is 5.60 Å². The van der Waals surface area contributed by atoms with E-state index in [1.165, 1.54) is 12.8 Å². The number of amides is 1. The van der Waals surface area contributed by atoms with Crippen molar-refractivity contribution in [1.82, 2.24) is 9.80 Å². The zero-order valence-corrected chi connectivity index (χ0v) is 14.1. The van der Waals surface area contributed by atoms with Gasteiger partial charge in [-0.15, -0.1) is 0 Å². The summed E-state index contributed by atoms with van der Waals surface area (Å²) in [5.74, 6) is 0.249. The molecule has 0 aliphatic carbocycles. The van der Waals surface area contributed by atoms with Crippen LogP contribution in [0.5, 0.6) is 0 Å². The molecule has 4 heteroatoms. The molecule has 1 amide bonds. The first-order valence-electron chi connectivity index (χ1n) is 8.84. The molecule has 23 heavy (non-hydrogen) atoms. The molecule has 126 valence electrons. The van der Waals surface area contributed by atoms with Crippen molar-refractivity contribution in [3.8, 4) is 0 Å². The highest BCUT2D eigenvalue weighted by molar-refractivity contribution is 5.77. The molecular weight excluding hydrogens is 288 g/mol. The lowest BCUT2D eigenvalue weighted by atomic mass is 9.84. The van der Waals surface area contributed by atoms with E-state index in [4.69, 9.17) is 0 Å². The number of carbonyl (C=O) groups excluding carboxylic acids is 1. The van der Waals surface area contributed by atoms with Gasteiger partial charge in [0.2, 0.25) is 5.91 Å². The van der Waals surface area contributed by atoms with E-state index in [0.29, 0.717) is 38.4 Å². The predicted molar refractivity (Wildman–Crippen MR) is 91.0 cm³/mol. The second kappa shape index (κ2) is 7.02. The van der Waals surface area contributed by atoms with Crippen molar-refractivity contribution in [2.24, 2.45) is 0 Å². The maximum absolute atomic E-state index is 12.6.